The van der Waals surface area contributed by atoms with E-state index in [2.05, 4.69) is 26.8 Å². The van der Waals surface area contributed by atoms with Gasteiger partial charge in [-0.3, -0.25) is 0 Å². The van der Waals surface area contributed by atoms with Gasteiger partial charge in [0.05, 0.1) is 36.6 Å². The van der Waals surface area contributed by atoms with Crippen molar-refractivity contribution in [2.45, 2.75) is 250 Å². The second-order valence-corrected chi connectivity index (χ2v) is 16.2. The smallest absolute Gasteiger partial charge is 0.121 e. The van der Waals surface area contributed by atoms with Crippen molar-refractivity contribution in [1.29, 1.82) is 0 Å². The first kappa shape index (κ1) is 40.7. The molecule has 3 fully saturated rings. The molecule has 0 heterocycles. The number of aromatic hydroxyl groups is 1. The fraction of sp³-hybridized carbons (Fsp3) is 0.867. The van der Waals surface area contributed by atoms with Gasteiger partial charge in [0.25, 0.3) is 0 Å². The Hall–Kier alpha value is -1.10. The molecule has 3 atom stereocenters. The van der Waals surface area contributed by atoms with Gasteiger partial charge in [0.15, 0.2) is 0 Å². The number of rotatable bonds is 24. The molecule has 4 heteroatoms. The Bertz CT molecular complexity index is 974. The molecule has 4 nitrogen and oxygen atoms in total. The third kappa shape index (κ3) is 14.1. The normalized spacial score (nSPS) is 20.4. The molecule has 0 aliphatic heterocycles. The van der Waals surface area contributed by atoms with E-state index in [1.54, 1.807) is 0 Å². The highest BCUT2D eigenvalue weighted by Crippen LogP contribution is 2.47. The lowest BCUT2D eigenvalue weighted by atomic mass is 9.84. The summed E-state index contributed by atoms with van der Waals surface area (Å²) in [7, 11) is 0. The minimum atomic E-state index is -0.0987. The number of phenolic OH excluding ortho intramolecular Hbond substituents is 1. The first-order valence-electron chi connectivity index (χ1n) is 22.0. The molecule has 3 unspecified atom stereocenters. The Kier molecular flexibility index (Phi) is 20.1. The Morgan fingerprint density at radius 1 is 0.469 bits per heavy atom. The van der Waals surface area contributed by atoms with E-state index in [0.29, 0.717) is 18.0 Å². The topological polar surface area (TPSA) is 47.9 Å². The lowest BCUT2D eigenvalue weighted by molar-refractivity contribution is -0.0556. The first-order chi connectivity index (χ1) is 24.1. The standard InChI is InChI=1S/C45H78O4/c1-4-7-10-22-31-41(47-36-25-16-13-17-26-36)39-34-35-40(46)45(43(33-24-12-9-6-3)49-38-29-20-15-21-30-38)44(39)42(32-23-11-8-5-2)48-37-27-18-14-19-28-37/h34-38,41-43,46H,4-33H2,1-3H3. The summed E-state index contributed by atoms with van der Waals surface area (Å²) in [6.07, 6.45) is 37.1. The fourth-order valence-electron chi connectivity index (χ4n) is 9.05. The summed E-state index contributed by atoms with van der Waals surface area (Å²) in [4.78, 5) is 0. The number of hydrogen-bond donors (Lipinski definition) is 1. The molecule has 3 aliphatic carbocycles. The maximum atomic E-state index is 12.1. The molecule has 1 N–H and O–H groups in total. The molecule has 282 valence electrons. The second kappa shape index (κ2) is 24.2. The largest absolute Gasteiger partial charge is 0.508 e. The Balaban J connectivity index is 1.80. The predicted molar refractivity (Wildman–Crippen MR) is 206 cm³/mol. The number of benzene rings is 1. The maximum absolute atomic E-state index is 12.1. The van der Waals surface area contributed by atoms with Gasteiger partial charge in [-0.2, -0.15) is 0 Å². The van der Waals surface area contributed by atoms with E-state index < -0.39 is 0 Å². The van der Waals surface area contributed by atoms with Gasteiger partial charge in [0.1, 0.15) is 5.75 Å². The number of hydrogen-bond acceptors (Lipinski definition) is 4. The zero-order chi connectivity index (χ0) is 34.5. The number of phenols is 1. The lowest BCUT2D eigenvalue weighted by Gasteiger charge is -2.36. The summed E-state index contributed by atoms with van der Waals surface area (Å²) in [5.41, 5.74) is 3.62. The molecule has 4 rings (SSSR count). The van der Waals surface area contributed by atoms with Gasteiger partial charge in [0, 0.05) is 5.56 Å². The molecule has 3 saturated carbocycles. The van der Waals surface area contributed by atoms with Gasteiger partial charge in [-0.05, 0) is 75.0 Å². The minimum absolute atomic E-state index is 0.0294. The monoisotopic (exact) mass is 683 g/mol. The molecule has 0 spiro atoms. The van der Waals surface area contributed by atoms with E-state index in [1.807, 2.05) is 6.07 Å². The van der Waals surface area contributed by atoms with E-state index in [0.717, 1.165) is 63.4 Å². The molecule has 0 amide bonds. The van der Waals surface area contributed by atoms with Gasteiger partial charge in [0.2, 0.25) is 0 Å². The van der Waals surface area contributed by atoms with E-state index in [1.165, 1.54) is 146 Å². The van der Waals surface area contributed by atoms with Crippen LogP contribution in [0.3, 0.4) is 0 Å². The molecule has 49 heavy (non-hydrogen) atoms. The van der Waals surface area contributed by atoms with Gasteiger partial charge >= 0.3 is 0 Å². The summed E-state index contributed by atoms with van der Waals surface area (Å²) >= 11 is 0. The first-order valence-corrected chi connectivity index (χ1v) is 22.0. The average Bonchev–Trinajstić information content (AvgIpc) is 3.13. The number of unbranched alkanes of at least 4 members (excludes halogenated alkanes) is 9. The quantitative estimate of drug-likeness (QED) is 0.110. The maximum Gasteiger partial charge on any atom is 0.121 e. The third-order valence-corrected chi connectivity index (χ3v) is 12.0. The van der Waals surface area contributed by atoms with Crippen molar-refractivity contribution in [3.8, 4) is 5.75 Å². The highest BCUT2D eigenvalue weighted by atomic mass is 16.5. The predicted octanol–water partition coefficient (Wildman–Crippen LogP) is 14.5. The number of ether oxygens (including phenoxy) is 3. The van der Waals surface area contributed by atoms with Crippen molar-refractivity contribution >= 4 is 0 Å². The zero-order valence-corrected chi connectivity index (χ0v) is 32.5. The second-order valence-electron chi connectivity index (χ2n) is 16.2. The summed E-state index contributed by atoms with van der Waals surface area (Å²) in [5, 5.41) is 12.1. The van der Waals surface area contributed by atoms with Crippen LogP contribution >= 0.6 is 0 Å². The van der Waals surface area contributed by atoms with Crippen molar-refractivity contribution in [3.05, 3.63) is 28.8 Å². The van der Waals surface area contributed by atoms with E-state index in [-0.39, 0.29) is 24.4 Å². The van der Waals surface area contributed by atoms with Crippen LogP contribution in [0.25, 0.3) is 0 Å². The van der Waals surface area contributed by atoms with Crippen molar-refractivity contribution < 1.29 is 19.3 Å². The highest BCUT2D eigenvalue weighted by molar-refractivity contribution is 5.48. The van der Waals surface area contributed by atoms with Gasteiger partial charge in [-0.25, -0.2) is 0 Å². The molecule has 0 bridgehead atoms. The SMILES string of the molecule is CCCCCCC(OC1CCCCC1)c1ccc(O)c(C(CCCCCC)OC2CCCCC2)c1C(CCCCCC)OC1CCCCC1. The highest BCUT2D eigenvalue weighted by Gasteiger charge is 2.34. The Labute approximate surface area is 303 Å². The summed E-state index contributed by atoms with van der Waals surface area (Å²) < 4.78 is 21.8. The van der Waals surface area contributed by atoms with Crippen LogP contribution in [0.4, 0.5) is 0 Å². The van der Waals surface area contributed by atoms with Gasteiger partial charge in [-0.1, -0.05) is 162 Å². The van der Waals surface area contributed by atoms with Crippen LogP contribution in [0.1, 0.15) is 248 Å². The summed E-state index contributed by atoms with van der Waals surface area (Å²) in [6, 6.07) is 4.26. The Morgan fingerprint density at radius 3 is 1.24 bits per heavy atom. The summed E-state index contributed by atoms with van der Waals surface area (Å²) in [5.74, 6) is 0.420. The molecule has 1 aromatic carbocycles. The average molecular weight is 683 g/mol. The van der Waals surface area contributed by atoms with Crippen LogP contribution in [0.15, 0.2) is 12.1 Å². The summed E-state index contributed by atoms with van der Waals surface area (Å²) in [6.45, 7) is 6.90. The van der Waals surface area contributed by atoms with E-state index in [9.17, 15) is 5.11 Å². The van der Waals surface area contributed by atoms with Crippen LogP contribution in [0.5, 0.6) is 5.75 Å². The molecular weight excluding hydrogens is 604 g/mol. The molecule has 3 aliphatic rings. The van der Waals surface area contributed by atoms with E-state index >= 15 is 0 Å². The van der Waals surface area contributed by atoms with Crippen molar-refractivity contribution in [2.75, 3.05) is 0 Å². The zero-order valence-electron chi connectivity index (χ0n) is 32.5. The molecule has 0 radical (unpaired) electrons. The molecule has 1 aromatic rings. The third-order valence-electron chi connectivity index (χ3n) is 12.0. The molecule has 0 saturated heterocycles. The van der Waals surface area contributed by atoms with Gasteiger partial charge < -0.3 is 19.3 Å². The van der Waals surface area contributed by atoms with Gasteiger partial charge in [-0.15, -0.1) is 0 Å². The fourth-order valence-corrected chi connectivity index (χ4v) is 9.05. The van der Waals surface area contributed by atoms with Crippen LogP contribution in [0, 0.1) is 0 Å². The van der Waals surface area contributed by atoms with Crippen LogP contribution < -0.4 is 0 Å². The molecule has 0 aromatic heterocycles. The van der Waals surface area contributed by atoms with Crippen molar-refractivity contribution in [1.82, 2.24) is 0 Å². The lowest BCUT2D eigenvalue weighted by Crippen LogP contribution is -2.26. The van der Waals surface area contributed by atoms with Crippen LogP contribution in [-0.2, 0) is 14.2 Å². The van der Waals surface area contributed by atoms with E-state index in [4.69, 9.17) is 14.2 Å². The van der Waals surface area contributed by atoms with Crippen molar-refractivity contribution in [2.24, 2.45) is 0 Å². The Morgan fingerprint density at radius 2 is 0.837 bits per heavy atom. The van der Waals surface area contributed by atoms with Crippen LogP contribution in [-0.4, -0.2) is 23.4 Å². The van der Waals surface area contributed by atoms with Crippen LogP contribution in [0.2, 0.25) is 0 Å². The minimum Gasteiger partial charge on any atom is -0.508 e. The van der Waals surface area contributed by atoms with Crippen molar-refractivity contribution in [3.63, 3.8) is 0 Å². The molecular formula is C45H78O4.